The number of rotatable bonds is 4. The van der Waals surface area contributed by atoms with Gasteiger partial charge in [-0.3, -0.25) is 4.98 Å². The van der Waals surface area contributed by atoms with E-state index < -0.39 is 5.97 Å². The zero-order chi connectivity index (χ0) is 16.1. The van der Waals surface area contributed by atoms with E-state index in [1.165, 1.54) is 18.4 Å². The summed E-state index contributed by atoms with van der Waals surface area (Å²) in [5.41, 5.74) is 3.10. The van der Waals surface area contributed by atoms with Crippen LogP contribution in [-0.4, -0.2) is 23.0 Å². The van der Waals surface area contributed by atoms with Crippen molar-refractivity contribution in [2.75, 3.05) is 7.11 Å². The van der Waals surface area contributed by atoms with E-state index in [0.717, 1.165) is 16.8 Å². The van der Waals surface area contributed by atoms with Crippen LogP contribution in [0.5, 0.6) is 0 Å². The minimum Gasteiger partial charge on any atom is -0.465 e. The number of hydrogen-bond donors (Lipinski definition) is 0. The molecule has 2 heterocycles. The number of pyridine rings is 1. The van der Waals surface area contributed by atoms with Crippen LogP contribution in [0.2, 0.25) is 0 Å². The summed E-state index contributed by atoms with van der Waals surface area (Å²) in [6, 6.07) is 13.5. The molecule has 3 rings (SSSR count). The quantitative estimate of drug-likeness (QED) is 0.540. The Morgan fingerprint density at radius 3 is 2.70 bits per heavy atom. The van der Waals surface area contributed by atoms with Crippen LogP contribution < -0.4 is 0 Å². The Kier molecular flexibility index (Phi) is 4.59. The molecule has 0 saturated heterocycles. The Hall–Kier alpha value is -2.79. The van der Waals surface area contributed by atoms with Crippen molar-refractivity contribution in [2.45, 2.75) is 0 Å². The van der Waals surface area contributed by atoms with E-state index in [-0.39, 0.29) is 0 Å². The first kappa shape index (κ1) is 15.1. The van der Waals surface area contributed by atoms with Crippen LogP contribution in [0.25, 0.3) is 22.9 Å². The lowest BCUT2D eigenvalue weighted by Crippen LogP contribution is -2.03. The fourth-order valence-corrected chi connectivity index (χ4v) is 2.92. The molecule has 3 aromatic rings. The molecular weight excluding hydrogens is 308 g/mol. The maximum Gasteiger partial charge on any atom is 0.340 e. The second-order valence-electron chi connectivity index (χ2n) is 4.74. The normalized spacial score (nSPS) is 11.3. The van der Waals surface area contributed by atoms with Gasteiger partial charge in [-0.05, 0) is 17.7 Å². The van der Waals surface area contributed by atoms with Gasteiger partial charge in [-0.15, -0.1) is 11.3 Å². The van der Waals surface area contributed by atoms with Gasteiger partial charge in [0, 0.05) is 23.3 Å². The fourth-order valence-electron chi connectivity index (χ4n) is 2.08. The molecule has 2 aromatic heterocycles. The van der Waals surface area contributed by atoms with E-state index in [1.807, 2.05) is 47.8 Å². The lowest BCUT2D eigenvalue weighted by Gasteiger charge is -2.02. The summed E-state index contributed by atoms with van der Waals surface area (Å²) in [7, 11) is 1.37. The summed E-state index contributed by atoms with van der Waals surface area (Å²) < 4.78 is 4.89. The number of carbonyl (C=O) groups is 1. The van der Waals surface area contributed by atoms with Gasteiger partial charge in [0.25, 0.3) is 0 Å². The average Bonchev–Trinajstić information content (AvgIpc) is 3.10. The van der Waals surface area contributed by atoms with Crippen molar-refractivity contribution in [2.24, 2.45) is 0 Å². The number of carbonyl (C=O) groups excluding carboxylic acids is 1. The summed E-state index contributed by atoms with van der Waals surface area (Å²) in [6.45, 7) is 0. The van der Waals surface area contributed by atoms with Gasteiger partial charge in [-0.2, -0.15) is 0 Å². The first-order valence-corrected chi connectivity index (χ1v) is 7.87. The van der Waals surface area contributed by atoms with Gasteiger partial charge in [0.15, 0.2) is 0 Å². The zero-order valence-corrected chi connectivity index (χ0v) is 13.3. The Balaban J connectivity index is 2.00. The van der Waals surface area contributed by atoms with Crippen LogP contribution >= 0.6 is 11.3 Å². The van der Waals surface area contributed by atoms with Crippen LogP contribution in [0.4, 0.5) is 0 Å². The Morgan fingerprint density at radius 1 is 1.17 bits per heavy atom. The van der Waals surface area contributed by atoms with Crippen LogP contribution in [-0.2, 0) is 9.53 Å². The minimum absolute atomic E-state index is 0.414. The van der Waals surface area contributed by atoms with Crippen molar-refractivity contribution in [1.29, 1.82) is 0 Å². The SMILES string of the molecule is COC(=O)/C(=C\c1cccnc1)c1nc(-c2ccccc2)cs1. The average molecular weight is 322 g/mol. The van der Waals surface area contributed by atoms with Gasteiger partial charge < -0.3 is 4.74 Å². The number of hydrogen-bond acceptors (Lipinski definition) is 5. The summed E-state index contributed by atoms with van der Waals surface area (Å²) >= 11 is 1.41. The molecule has 1 aromatic carbocycles. The Morgan fingerprint density at radius 2 is 2.00 bits per heavy atom. The Bertz CT molecular complexity index is 826. The van der Waals surface area contributed by atoms with E-state index in [1.54, 1.807) is 18.5 Å². The molecule has 0 amide bonds. The molecule has 0 spiro atoms. The van der Waals surface area contributed by atoms with E-state index in [0.29, 0.717) is 10.6 Å². The highest BCUT2D eigenvalue weighted by Gasteiger charge is 2.17. The van der Waals surface area contributed by atoms with Crippen molar-refractivity contribution in [3.05, 3.63) is 70.8 Å². The predicted molar refractivity (Wildman–Crippen MR) is 91.7 cm³/mol. The van der Waals surface area contributed by atoms with Crippen molar-refractivity contribution >= 4 is 29.0 Å². The topological polar surface area (TPSA) is 52.1 Å². The minimum atomic E-state index is -0.414. The van der Waals surface area contributed by atoms with Crippen LogP contribution in [0, 0.1) is 0 Å². The molecule has 0 aliphatic rings. The monoisotopic (exact) mass is 322 g/mol. The summed E-state index contributed by atoms with van der Waals surface area (Å²) in [6.07, 6.45) is 5.12. The number of benzene rings is 1. The largest absolute Gasteiger partial charge is 0.465 e. The third-order valence-corrected chi connectivity index (χ3v) is 4.08. The zero-order valence-electron chi connectivity index (χ0n) is 12.5. The standard InChI is InChI=1S/C18H14N2O2S/c1-22-18(21)15(10-13-6-5-9-19-11-13)17-20-16(12-23-17)14-7-3-2-4-8-14/h2-12H,1H3/b15-10-. The summed E-state index contributed by atoms with van der Waals surface area (Å²) in [4.78, 5) is 20.7. The van der Waals surface area contributed by atoms with Crippen LogP contribution in [0.3, 0.4) is 0 Å². The molecular formula is C18H14N2O2S. The smallest absolute Gasteiger partial charge is 0.340 e. The second-order valence-corrected chi connectivity index (χ2v) is 5.60. The molecule has 0 unspecified atom stereocenters. The molecule has 0 radical (unpaired) electrons. The van der Waals surface area contributed by atoms with Gasteiger partial charge in [-0.25, -0.2) is 9.78 Å². The van der Waals surface area contributed by atoms with E-state index in [9.17, 15) is 4.79 Å². The third kappa shape index (κ3) is 3.52. The molecule has 0 aliphatic heterocycles. The van der Waals surface area contributed by atoms with Crippen LogP contribution in [0.1, 0.15) is 10.6 Å². The molecule has 114 valence electrons. The highest BCUT2D eigenvalue weighted by molar-refractivity contribution is 7.11. The maximum absolute atomic E-state index is 12.1. The van der Waals surface area contributed by atoms with Gasteiger partial charge in [0.2, 0.25) is 0 Å². The highest BCUT2D eigenvalue weighted by atomic mass is 32.1. The lowest BCUT2D eigenvalue weighted by atomic mass is 10.1. The van der Waals surface area contributed by atoms with E-state index >= 15 is 0 Å². The third-order valence-electron chi connectivity index (χ3n) is 3.20. The van der Waals surface area contributed by atoms with E-state index in [2.05, 4.69) is 9.97 Å². The molecule has 0 N–H and O–H groups in total. The number of methoxy groups -OCH3 is 1. The first-order chi connectivity index (χ1) is 11.3. The highest BCUT2D eigenvalue weighted by Crippen LogP contribution is 2.28. The molecule has 0 atom stereocenters. The molecule has 4 nitrogen and oxygen atoms in total. The van der Waals surface area contributed by atoms with Crippen molar-refractivity contribution < 1.29 is 9.53 Å². The predicted octanol–water partition coefficient (Wildman–Crippen LogP) is 3.92. The fraction of sp³-hybridized carbons (Fsp3) is 0.0556. The molecule has 0 bridgehead atoms. The van der Waals surface area contributed by atoms with Crippen molar-refractivity contribution in [3.63, 3.8) is 0 Å². The van der Waals surface area contributed by atoms with Gasteiger partial charge in [-0.1, -0.05) is 36.4 Å². The molecule has 0 fully saturated rings. The summed E-state index contributed by atoms with van der Waals surface area (Å²) in [5, 5.41) is 2.56. The summed E-state index contributed by atoms with van der Waals surface area (Å²) in [5.74, 6) is -0.414. The van der Waals surface area contributed by atoms with Gasteiger partial charge in [0.1, 0.15) is 5.01 Å². The number of nitrogens with zero attached hydrogens (tertiary/aromatic N) is 2. The number of ether oxygens (including phenoxy) is 1. The van der Waals surface area contributed by atoms with Crippen molar-refractivity contribution in [3.8, 4) is 11.3 Å². The molecule has 23 heavy (non-hydrogen) atoms. The molecule has 5 heteroatoms. The number of aromatic nitrogens is 2. The van der Waals surface area contributed by atoms with Crippen molar-refractivity contribution in [1.82, 2.24) is 9.97 Å². The second kappa shape index (κ2) is 6.98. The van der Waals surface area contributed by atoms with Gasteiger partial charge >= 0.3 is 5.97 Å². The van der Waals surface area contributed by atoms with E-state index in [4.69, 9.17) is 4.74 Å². The van der Waals surface area contributed by atoms with Crippen LogP contribution in [0.15, 0.2) is 60.2 Å². The molecule has 0 saturated carbocycles. The maximum atomic E-state index is 12.1. The lowest BCUT2D eigenvalue weighted by molar-refractivity contribution is -0.133. The number of esters is 1. The molecule has 0 aliphatic carbocycles. The van der Waals surface area contributed by atoms with Gasteiger partial charge in [0.05, 0.1) is 18.4 Å². The first-order valence-electron chi connectivity index (χ1n) is 6.99. The Labute approximate surface area is 138 Å². The number of thiazole rings is 1.